The van der Waals surface area contributed by atoms with Gasteiger partial charge < -0.3 is 4.90 Å². The first-order valence-electron chi connectivity index (χ1n) is 6.36. The van der Waals surface area contributed by atoms with Gasteiger partial charge in [-0.15, -0.1) is 0 Å². The Hall–Kier alpha value is -1.76. The molecule has 2 heterocycles. The second-order valence-electron chi connectivity index (χ2n) is 4.99. The van der Waals surface area contributed by atoms with Crippen molar-refractivity contribution in [2.75, 3.05) is 11.4 Å². The average molecular weight is 221 g/mol. The Balaban J connectivity index is 1.85. The van der Waals surface area contributed by atoms with Crippen molar-refractivity contribution in [1.82, 2.24) is 0 Å². The quantitative estimate of drug-likeness (QED) is 0.659. The van der Waals surface area contributed by atoms with E-state index in [4.69, 9.17) is 0 Å². The summed E-state index contributed by atoms with van der Waals surface area (Å²) >= 11 is 0. The van der Waals surface area contributed by atoms with Crippen molar-refractivity contribution >= 4 is 5.69 Å². The van der Waals surface area contributed by atoms with E-state index in [-0.39, 0.29) is 0 Å². The molecular weight excluding hydrogens is 206 g/mol. The number of benzene rings is 2. The van der Waals surface area contributed by atoms with E-state index in [1.54, 1.807) is 5.56 Å². The summed E-state index contributed by atoms with van der Waals surface area (Å²) in [5, 5.41) is 0. The minimum absolute atomic E-state index is 0.581. The minimum atomic E-state index is 0.581. The van der Waals surface area contributed by atoms with Gasteiger partial charge in [0.25, 0.3) is 0 Å². The summed E-state index contributed by atoms with van der Waals surface area (Å²) in [6, 6.07) is 18.4. The number of nitrogens with zero attached hydrogens (tertiary/aromatic N) is 1. The molecule has 0 aliphatic carbocycles. The third-order valence-electron chi connectivity index (χ3n) is 4.13. The molecule has 2 aliphatic heterocycles. The lowest BCUT2D eigenvalue weighted by Crippen LogP contribution is -2.32. The smallest absolute Gasteiger partial charge is 0.0586 e. The van der Waals surface area contributed by atoms with Gasteiger partial charge in [0, 0.05) is 12.2 Å². The predicted molar refractivity (Wildman–Crippen MR) is 70.4 cm³/mol. The first-order chi connectivity index (χ1) is 8.43. The number of hydrogen-bond donors (Lipinski definition) is 0. The van der Waals surface area contributed by atoms with Crippen molar-refractivity contribution in [3.8, 4) is 0 Å². The van der Waals surface area contributed by atoms with Crippen LogP contribution in [0.1, 0.15) is 22.7 Å². The van der Waals surface area contributed by atoms with E-state index in [0.717, 1.165) is 0 Å². The van der Waals surface area contributed by atoms with Gasteiger partial charge in [-0.1, -0.05) is 42.5 Å². The Morgan fingerprint density at radius 2 is 1.65 bits per heavy atom. The van der Waals surface area contributed by atoms with Gasteiger partial charge in [0.1, 0.15) is 0 Å². The molecule has 0 radical (unpaired) electrons. The van der Waals surface area contributed by atoms with Crippen LogP contribution in [0.3, 0.4) is 0 Å². The number of fused-ring (bicyclic) bond motifs is 5. The van der Waals surface area contributed by atoms with Crippen molar-refractivity contribution in [3.63, 3.8) is 0 Å². The summed E-state index contributed by atoms with van der Waals surface area (Å²) in [6.45, 7) is 1.17. The highest BCUT2D eigenvalue weighted by Gasteiger charge is 2.33. The van der Waals surface area contributed by atoms with Gasteiger partial charge in [0.2, 0.25) is 0 Å². The Morgan fingerprint density at radius 3 is 2.59 bits per heavy atom. The van der Waals surface area contributed by atoms with Crippen molar-refractivity contribution in [1.29, 1.82) is 0 Å². The van der Waals surface area contributed by atoms with Crippen molar-refractivity contribution in [2.24, 2.45) is 0 Å². The van der Waals surface area contributed by atoms with Crippen molar-refractivity contribution < 1.29 is 0 Å². The maximum atomic E-state index is 2.58. The molecule has 0 N–H and O–H groups in total. The standard InChI is InChI=1S/C16H15N/c1-3-7-14-12(5-1)9-10-17-15-8-4-2-6-13(15)11-16(14)17/h1-8,16H,9-11H2. The molecule has 1 heteroatoms. The molecule has 1 unspecified atom stereocenters. The molecule has 84 valence electrons. The zero-order chi connectivity index (χ0) is 11.2. The molecule has 0 amide bonds. The maximum Gasteiger partial charge on any atom is 0.0586 e. The van der Waals surface area contributed by atoms with Crippen LogP contribution in [0.25, 0.3) is 0 Å². The zero-order valence-electron chi connectivity index (χ0n) is 9.76. The van der Waals surface area contributed by atoms with Gasteiger partial charge in [-0.25, -0.2) is 0 Å². The lowest BCUT2D eigenvalue weighted by Gasteiger charge is -2.34. The Bertz CT molecular complexity index is 573. The van der Waals surface area contributed by atoms with E-state index < -0.39 is 0 Å². The summed E-state index contributed by atoms with van der Waals surface area (Å²) in [5.74, 6) is 0. The average Bonchev–Trinajstić information content (AvgIpc) is 2.78. The molecule has 0 saturated heterocycles. The van der Waals surface area contributed by atoms with Crippen LogP contribution in [0.4, 0.5) is 5.69 Å². The monoisotopic (exact) mass is 221 g/mol. The van der Waals surface area contributed by atoms with Crippen LogP contribution >= 0.6 is 0 Å². The summed E-state index contributed by atoms with van der Waals surface area (Å²) < 4.78 is 0. The van der Waals surface area contributed by atoms with Crippen molar-refractivity contribution in [3.05, 3.63) is 65.2 Å². The van der Waals surface area contributed by atoms with Crippen LogP contribution in [-0.4, -0.2) is 6.54 Å². The molecule has 0 fully saturated rings. The Kier molecular flexibility index (Phi) is 1.84. The number of anilines is 1. The molecule has 2 aromatic carbocycles. The molecule has 2 aromatic rings. The largest absolute Gasteiger partial charge is 0.364 e. The number of rotatable bonds is 0. The van der Waals surface area contributed by atoms with Gasteiger partial charge in [-0.3, -0.25) is 0 Å². The van der Waals surface area contributed by atoms with Gasteiger partial charge >= 0.3 is 0 Å². The second kappa shape index (κ2) is 3.36. The van der Waals surface area contributed by atoms with Gasteiger partial charge in [0.05, 0.1) is 6.04 Å². The van der Waals surface area contributed by atoms with Crippen LogP contribution in [0.15, 0.2) is 48.5 Å². The molecular formula is C16H15N. The van der Waals surface area contributed by atoms with E-state index in [9.17, 15) is 0 Å². The topological polar surface area (TPSA) is 3.24 Å². The molecule has 0 bridgehead atoms. The van der Waals surface area contributed by atoms with Crippen molar-refractivity contribution in [2.45, 2.75) is 18.9 Å². The fourth-order valence-corrected chi connectivity index (χ4v) is 3.33. The van der Waals surface area contributed by atoms with Crippen LogP contribution in [-0.2, 0) is 12.8 Å². The fraction of sp³-hybridized carbons (Fsp3) is 0.250. The maximum absolute atomic E-state index is 2.58. The molecule has 17 heavy (non-hydrogen) atoms. The lowest BCUT2D eigenvalue weighted by molar-refractivity contribution is 0.616. The van der Waals surface area contributed by atoms with E-state index in [1.165, 1.54) is 36.2 Å². The fourth-order valence-electron chi connectivity index (χ4n) is 3.33. The first kappa shape index (κ1) is 9.29. The summed E-state index contributed by atoms with van der Waals surface area (Å²) in [7, 11) is 0. The lowest BCUT2D eigenvalue weighted by atomic mass is 9.92. The summed E-state index contributed by atoms with van der Waals surface area (Å²) in [5.41, 5.74) is 6.04. The van der Waals surface area contributed by atoms with Crippen LogP contribution in [0.5, 0.6) is 0 Å². The van der Waals surface area contributed by atoms with Gasteiger partial charge in [-0.05, 0) is 35.6 Å². The molecule has 0 aromatic heterocycles. The SMILES string of the molecule is c1ccc2c(c1)CCN1c3ccccc3CC21. The third kappa shape index (κ3) is 1.25. The minimum Gasteiger partial charge on any atom is -0.364 e. The molecule has 0 saturated carbocycles. The van der Waals surface area contributed by atoms with E-state index in [0.29, 0.717) is 6.04 Å². The highest BCUT2D eigenvalue weighted by molar-refractivity contribution is 5.62. The molecule has 2 aliphatic rings. The highest BCUT2D eigenvalue weighted by atomic mass is 15.2. The molecule has 1 nitrogen and oxygen atoms in total. The molecule has 4 rings (SSSR count). The number of hydrogen-bond acceptors (Lipinski definition) is 1. The van der Waals surface area contributed by atoms with Gasteiger partial charge in [0.15, 0.2) is 0 Å². The van der Waals surface area contributed by atoms with E-state index >= 15 is 0 Å². The van der Waals surface area contributed by atoms with Crippen LogP contribution in [0, 0.1) is 0 Å². The molecule has 0 spiro atoms. The predicted octanol–water partition coefficient (Wildman–Crippen LogP) is 3.35. The highest BCUT2D eigenvalue weighted by Crippen LogP contribution is 2.43. The Labute approximate surface area is 102 Å². The van der Waals surface area contributed by atoms with Crippen LogP contribution < -0.4 is 4.90 Å². The van der Waals surface area contributed by atoms with E-state index in [2.05, 4.69) is 53.4 Å². The normalized spacial score (nSPS) is 20.7. The first-order valence-corrected chi connectivity index (χ1v) is 6.36. The Morgan fingerprint density at radius 1 is 0.882 bits per heavy atom. The summed E-state index contributed by atoms with van der Waals surface area (Å²) in [4.78, 5) is 2.58. The van der Waals surface area contributed by atoms with Gasteiger partial charge in [-0.2, -0.15) is 0 Å². The van der Waals surface area contributed by atoms with E-state index in [1.807, 2.05) is 0 Å². The summed E-state index contributed by atoms with van der Waals surface area (Å²) in [6.07, 6.45) is 2.36. The number of para-hydroxylation sites is 1. The third-order valence-corrected chi connectivity index (χ3v) is 4.13. The zero-order valence-corrected chi connectivity index (χ0v) is 9.76. The molecule has 1 atom stereocenters. The van der Waals surface area contributed by atoms with Crippen LogP contribution in [0.2, 0.25) is 0 Å². The second-order valence-corrected chi connectivity index (χ2v) is 4.99.